The number of halogens is 1. The van der Waals surface area contributed by atoms with Crippen molar-refractivity contribution in [2.45, 2.75) is 39.3 Å². The van der Waals surface area contributed by atoms with Crippen LogP contribution < -0.4 is 4.31 Å². The van der Waals surface area contributed by atoms with Gasteiger partial charge in [-0.25, -0.2) is 12.8 Å². The van der Waals surface area contributed by atoms with Crippen LogP contribution in [0.25, 0.3) is 0 Å². The summed E-state index contributed by atoms with van der Waals surface area (Å²) in [5, 5.41) is 4.39. The minimum atomic E-state index is -3.75. The summed E-state index contributed by atoms with van der Waals surface area (Å²) in [5.74, 6) is -0.862. The first-order valence-corrected chi connectivity index (χ1v) is 10.9. The Kier molecular flexibility index (Phi) is 5.47. The molecule has 0 spiro atoms. The molecule has 1 saturated carbocycles. The maximum atomic E-state index is 13.6. The minimum Gasteiger partial charge on any atom is -0.334 e. The summed E-state index contributed by atoms with van der Waals surface area (Å²) in [5.41, 5.74) is 2.93. The van der Waals surface area contributed by atoms with E-state index < -0.39 is 15.8 Å². The molecule has 1 aliphatic carbocycles. The van der Waals surface area contributed by atoms with Crippen molar-refractivity contribution in [2.24, 2.45) is 7.05 Å². The Morgan fingerprint density at radius 2 is 2.00 bits per heavy atom. The SMILES string of the molecule is Cc1nn(C)c(C)c1CN(C(=O)CN(c1cccc(F)c1)S(C)(=O)=O)C1CC1. The third-order valence-corrected chi connectivity index (χ3v) is 6.21. The zero-order valence-electron chi connectivity index (χ0n) is 16.5. The Bertz CT molecular complexity index is 999. The molecule has 2 aromatic rings. The van der Waals surface area contributed by atoms with Crippen LogP contribution in [0.3, 0.4) is 0 Å². The van der Waals surface area contributed by atoms with Gasteiger partial charge in [-0.2, -0.15) is 5.10 Å². The van der Waals surface area contributed by atoms with Crippen molar-refractivity contribution >= 4 is 21.6 Å². The van der Waals surface area contributed by atoms with Crippen molar-refractivity contribution in [1.29, 1.82) is 0 Å². The van der Waals surface area contributed by atoms with E-state index in [2.05, 4.69) is 5.10 Å². The zero-order valence-corrected chi connectivity index (χ0v) is 17.3. The summed E-state index contributed by atoms with van der Waals surface area (Å²) in [6, 6.07) is 5.35. The molecule has 1 heterocycles. The van der Waals surface area contributed by atoms with E-state index in [1.165, 1.54) is 18.2 Å². The zero-order chi connectivity index (χ0) is 20.6. The normalized spacial score (nSPS) is 14.2. The highest BCUT2D eigenvalue weighted by Gasteiger charge is 2.35. The molecule has 1 aliphatic rings. The fraction of sp³-hybridized carbons (Fsp3) is 0.474. The summed E-state index contributed by atoms with van der Waals surface area (Å²) in [6.45, 7) is 3.86. The van der Waals surface area contributed by atoms with Gasteiger partial charge in [0.1, 0.15) is 12.4 Å². The van der Waals surface area contributed by atoms with Crippen LogP contribution in [-0.4, -0.2) is 47.8 Å². The number of anilines is 1. The number of amides is 1. The fourth-order valence-electron chi connectivity index (χ4n) is 3.27. The minimum absolute atomic E-state index is 0.0976. The van der Waals surface area contributed by atoms with Crippen molar-refractivity contribution in [3.05, 3.63) is 47.0 Å². The van der Waals surface area contributed by atoms with E-state index in [4.69, 9.17) is 0 Å². The number of hydrogen-bond acceptors (Lipinski definition) is 4. The van der Waals surface area contributed by atoms with Crippen molar-refractivity contribution < 1.29 is 17.6 Å². The third-order valence-electron chi connectivity index (χ3n) is 5.07. The molecule has 9 heteroatoms. The lowest BCUT2D eigenvalue weighted by atomic mass is 10.2. The topological polar surface area (TPSA) is 75.5 Å². The Labute approximate surface area is 164 Å². The Balaban J connectivity index is 1.86. The molecule has 3 rings (SSSR count). The lowest BCUT2D eigenvalue weighted by molar-refractivity contribution is -0.130. The molecule has 0 bridgehead atoms. The summed E-state index contributed by atoms with van der Waals surface area (Å²) in [7, 11) is -1.90. The van der Waals surface area contributed by atoms with Crippen LogP contribution in [0.2, 0.25) is 0 Å². The van der Waals surface area contributed by atoms with Gasteiger partial charge in [-0.3, -0.25) is 13.8 Å². The number of carbonyl (C=O) groups is 1. The van der Waals surface area contributed by atoms with E-state index in [-0.39, 0.29) is 24.2 Å². The van der Waals surface area contributed by atoms with Crippen molar-refractivity contribution in [3.8, 4) is 0 Å². The molecule has 7 nitrogen and oxygen atoms in total. The second kappa shape index (κ2) is 7.54. The molecular formula is C19H25FN4O3S. The molecule has 0 unspecified atom stereocenters. The van der Waals surface area contributed by atoms with Gasteiger partial charge < -0.3 is 4.90 Å². The third kappa shape index (κ3) is 4.35. The number of hydrogen-bond donors (Lipinski definition) is 0. The molecular weight excluding hydrogens is 383 g/mol. The Morgan fingerprint density at radius 1 is 1.32 bits per heavy atom. The maximum absolute atomic E-state index is 13.6. The lowest BCUT2D eigenvalue weighted by Gasteiger charge is -2.28. The van der Waals surface area contributed by atoms with Gasteiger partial charge in [0.05, 0.1) is 17.6 Å². The van der Waals surface area contributed by atoms with Crippen LogP contribution in [-0.2, 0) is 28.4 Å². The second-order valence-electron chi connectivity index (χ2n) is 7.28. The van der Waals surface area contributed by atoms with Crippen molar-refractivity contribution in [3.63, 3.8) is 0 Å². The molecule has 0 atom stereocenters. The maximum Gasteiger partial charge on any atom is 0.243 e. The molecule has 1 aromatic heterocycles. The predicted molar refractivity (Wildman–Crippen MR) is 105 cm³/mol. The Hall–Kier alpha value is -2.42. The Morgan fingerprint density at radius 3 is 2.50 bits per heavy atom. The van der Waals surface area contributed by atoms with Crippen molar-refractivity contribution in [2.75, 3.05) is 17.1 Å². The molecule has 1 aromatic carbocycles. The summed E-state index contributed by atoms with van der Waals surface area (Å²) in [4.78, 5) is 14.8. The van der Waals surface area contributed by atoms with Gasteiger partial charge >= 0.3 is 0 Å². The van der Waals surface area contributed by atoms with Crippen LogP contribution >= 0.6 is 0 Å². The van der Waals surface area contributed by atoms with Crippen LogP contribution in [0.5, 0.6) is 0 Å². The van der Waals surface area contributed by atoms with Crippen LogP contribution in [0, 0.1) is 19.7 Å². The number of benzene rings is 1. The highest BCUT2D eigenvalue weighted by Crippen LogP contribution is 2.30. The highest BCUT2D eigenvalue weighted by atomic mass is 32.2. The predicted octanol–water partition coefficient (Wildman–Crippen LogP) is 2.13. The van der Waals surface area contributed by atoms with E-state index in [0.29, 0.717) is 6.54 Å². The molecule has 1 amide bonds. The van der Waals surface area contributed by atoms with Crippen LogP contribution in [0.1, 0.15) is 29.8 Å². The van der Waals surface area contributed by atoms with Gasteiger partial charge in [-0.05, 0) is 44.9 Å². The van der Waals surface area contributed by atoms with Gasteiger partial charge in [-0.15, -0.1) is 0 Å². The van der Waals surface area contributed by atoms with Gasteiger partial charge in [0.15, 0.2) is 0 Å². The fourth-order valence-corrected chi connectivity index (χ4v) is 4.11. The monoisotopic (exact) mass is 408 g/mol. The molecule has 0 saturated heterocycles. The lowest BCUT2D eigenvalue weighted by Crippen LogP contribution is -2.43. The molecule has 152 valence electrons. The van der Waals surface area contributed by atoms with Gasteiger partial charge in [0.2, 0.25) is 15.9 Å². The van der Waals surface area contributed by atoms with Gasteiger partial charge in [0, 0.05) is 30.9 Å². The van der Waals surface area contributed by atoms with E-state index in [1.807, 2.05) is 20.9 Å². The summed E-state index contributed by atoms with van der Waals surface area (Å²) < 4.78 is 40.9. The van der Waals surface area contributed by atoms with E-state index in [9.17, 15) is 17.6 Å². The van der Waals surface area contributed by atoms with E-state index >= 15 is 0 Å². The van der Waals surface area contributed by atoms with Crippen LogP contribution in [0.15, 0.2) is 24.3 Å². The standard InChI is InChI=1S/C19H25FN4O3S/c1-13-18(14(2)22(3)21-13)11-23(16-8-9-16)19(25)12-24(28(4,26)27)17-7-5-6-15(20)10-17/h5-7,10,16H,8-9,11-12H2,1-4H3. The summed E-state index contributed by atoms with van der Waals surface area (Å²) in [6.07, 6.45) is 2.80. The average molecular weight is 408 g/mol. The quantitative estimate of drug-likeness (QED) is 0.703. The number of rotatable bonds is 7. The number of nitrogens with zero attached hydrogens (tertiary/aromatic N) is 4. The first kappa shape index (κ1) is 20.3. The van der Waals surface area contributed by atoms with Crippen LogP contribution in [0.4, 0.5) is 10.1 Å². The first-order chi connectivity index (χ1) is 13.1. The number of carbonyl (C=O) groups excluding carboxylic acids is 1. The van der Waals surface area contributed by atoms with E-state index in [1.54, 1.807) is 9.58 Å². The average Bonchev–Trinajstić information content (AvgIpc) is 3.39. The molecule has 0 aliphatic heterocycles. The molecule has 0 N–H and O–H groups in total. The molecule has 28 heavy (non-hydrogen) atoms. The first-order valence-electron chi connectivity index (χ1n) is 9.09. The highest BCUT2D eigenvalue weighted by molar-refractivity contribution is 7.92. The van der Waals surface area contributed by atoms with Gasteiger partial charge in [0.25, 0.3) is 0 Å². The number of sulfonamides is 1. The van der Waals surface area contributed by atoms with E-state index in [0.717, 1.165) is 46.4 Å². The number of aromatic nitrogens is 2. The van der Waals surface area contributed by atoms with Crippen molar-refractivity contribution in [1.82, 2.24) is 14.7 Å². The second-order valence-corrected chi connectivity index (χ2v) is 9.18. The molecule has 1 fully saturated rings. The smallest absolute Gasteiger partial charge is 0.243 e. The van der Waals surface area contributed by atoms with Gasteiger partial charge in [-0.1, -0.05) is 6.07 Å². The molecule has 0 radical (unpaired) electrons. The summed E-state index contributed by atoms with van der Waals surface area (Å²) >= 11 is 0. The number of aryl methyl sites for hydroxylation is 2. The largest absolute Gasteiger partial charge is 0.334 e.